The molecule has 6 nitrogen and oxygen atoms in total. The highest BCUT2D eigenvalue weighted by Crippen LogP contribution is 2.23. The standard InChI is InChI=1S/C21H19BrN2O4S/c1-24(2)21(26)29-18-9-6-15(7-10-18)23-20(25)19-11-8-17(28-19)13-27-16-5-3-4-14(22)12-16/h3-12H,13H2,1-2H3,(H,23,25). The molecule has 2 amide bonds. The maximum absolute atomic E-state index is 12.4. The number of nitrogens with one attached hydrogen (secondary N) is 1. The lowest BCUT2D eigenvalue weighted by Crippen LogP contribution is -2.16. The molecule has 29 heavy (non-hydrogen) atoms. The van der Waals surface area contributed by atoms with Crippen LogP contribution in [0.3, 0.4) is 0 Å². The van der Waals surface area contributed by atoms with Gasteiger partial charge < -0.3 is 19.4 Å². The highest BCUT2D eigenvalue weighted by molar-refractivity contribution is 9.10. The first-order valence-corrected chi connectivity index (χ1v) is 10.3. The number of hydrogen-bond acceptors (Lipinski definition) is 5. The van der Waals surface area contributed by atoms with Crippen LogP contribution in [-0.4, -0.2) is 30.1 Å². The summed E-state index contributed by atoms with van der Waals surface area (Å²) in [4.78, 5) is 26.4. The molecule has 3 rings (SSSR count). The van der Waals surface area contributed by atoms with E-state index in [0.717, 1.165) is 21.1 Å². The van der Waals surface area contributed by atoms with Crippen LogP contribution in [0.5, 0.6) is 5.75 Å². The lowest BCUT2D eigenvalue weighted by molar-refractivity contribution is 0.0992. The van der Waals surface area contributed by atoms with E-state index >= 15 is 0 Å². The number of carbonyl (C=O) groups is 2. The van der Waals surface area contributed by atoms with Crippen LogP contribution in [0.2, 0.25) is 0 Å². The molecule has 0 bridgehead atoms. The topological polar surface area (TPSA) is 71.8 Å². The third-order valence-corrected chi connectivity index (χ3v) is 5.29. The summed E-state index contributed by atoms with van der Waals surface area (Å²) in [6, 6.07) is 17.8. The van der Waals surface area contributed by atoms with Gasteiger partial charge in [0, 0.05) is 29.2 Å². The van der Waals surface area contributed by atoms with Crippen LogP contribution in [0.25, 0.3) is 0 Å². The Labute approximate surface area is 181 Å². The summed E-state index contributed by atoms with van der Waals surface area (Å²) < 4.78 is 12.1. The molecule has 0 fully saturated rings. The van der Waals surface area contributed by atoms with E-state index in [4.69, 9.17) is 9.15 Å². The molecule has 1 heterocycles. The van der Waals surface area contributed by atoms with Crippen LogP contribution in [0, 0.1) is 0 Å². The Balaban J connectivity index is 1.55. The van der Waals surface area contributed by atoms with Crippen LogP contribution in [0.4, 0.5) is 10.5 Å². The molecule has 1 N–H and O–H groups in total. The third-order valence-electron chi connectivity index (χ3n) is 3.75. The molecule has 8 heteroatoms. The molecular formula is C21H19BrN2O4S. The van der Waals surface area contributed by atoms with Crippen molar-refractivity contribution in [2.45, 2.75) is 11.5 Å². The van der Waals surface area contributed by atoms with E-state index in [2.05, 4.69) is 21.2 Å². The second-order valence-electron chi connectivity index (χ2n) is 6.25. The molecule has 0 aliphatic rings. The molecule has 1 aromatic heterocycles. The number of amides is 2. The average Bonchev–Trinajstić information content (AvgIpc) is 3.17. The van der Waals surface area contributed by atoms with E-state index < -0.39 is 0 Å². The summed E-state index contributed by atoms with van der Waals surface area (Å²) in [5.74, 6) is 1.08. The van der Waals surface area contributed by atoms with Crippen LogP contribution in [0.1, 0.15) is 16.3 Å². The summed E-state index contributed by atoms with van der Waals surface area (Å²) in [6.07, 6.45) is 0. The molecule has 0 spiro atoms. The van der Waals surface area contributed by atoms with E-state index in [0.29, 0.717) is 17.2 Å². The number of hydrogen-bond donors (Lipinski definition) is 1. The van der Waals surface area contributed by atoms with Crippen LogP contribution < -0.4 is 10.1 Å². The lowest BCUT2D eigenvalue weighted by atomic mass is 10.3. The van der Waals surface area contributed by atoms with Gasteiger partial charge in [0.15, 0.2) is 5.76 Å². The quantitative estimate of drug-likeness (QED) is 0.467. The molecular weight excluding hydrogens is 456 g/mol. The number of halogens is 1. The first-order valence-electron chi connectivity index (χ1n) is 8.68. The lowest BCUT2D eigenvalue weighted by Gasteiger charge is -2.09. The van der Waals surface area contributed by atoms with Crippen molar-refractivity contribution >= 4 is 44.5 Å². The summed E-state index contributed by atoms with van der Waals surface area (Å²) >= 11 is 4.51. The molecule has 2 aromatic carbocycles. The summed E-state index contributed by atoms with van der Waals surface area (Å²) in [6.45, 7) is 0.218. The zero-order chi connectivity index (χ0) is 20.8. The SMILES string of the molecule is CN(C)C(=O)Sc1ccc(NC(=O)c2ccc(COc3cccc(Br)c3)o2)cc1. The Hall–Kier alpha value is -2.71. The van der Waals surface area contributed by atoms with Crippen molar-refractivity contribution in [3.05, 3.63) is 76.7 Å². The number of benzene rings is 2. The van der Waals surface area contributed by atoms with E-state index in [1.807, 2.05) is 24.3 Å². The zero-order valence-corrected chi connectivity index (χ0v) is 18.2. The molecule has 0 radical (unpaired) electrons. The second-order valence-corrected chi connectivity index (χ2v) is 8.19. The van der Waals surface area contributed by atoms with Crippen molar-refractivity contribution in [3.8, 4) is 5.75 Å². The van der Waals surface area contributed by atoms with Gasteiger partial charge in [0.05, 0.1) is 0 Å². The van der Waals surface area contributed by atoms with Crippen LogP contribution >= 0.6 is 27.7 Å². The smallest absolute Gasteiger partial charge is 0.291 e. The molecule has 0 unspecified atom stereocenters. The van der Waals surface area contributed by atoms with Gasteiger partial charge in [-0.3, -0.25) is 9.59 Å². The largest absolute Gasteiger partial charge is 0.486 e. The van der Waals surface area contributed by atoms with Gasteiger partial charge in [-0.25, -0.2) is 0 Å². The molecule has 0 aliphatic carbocycles. The van der Waals surface area contributed by atoms with Gasteiger partial charge in [-0.15, -0.1) is 0 Å². The minimum atomic E-state index is -0.358. The van der Waals surface area contributed by atoms with Gasteiger partial charge in [0.2, 0.25) is 0 Å². The van der Waals surface area contributed by atoms with Crippen molar-refractivity contribution in [1.29, 1.82) is 0 Å². The summed E-state index contributed by atoms with van der Waals surface area (Å²) in [5, 5.41) is 2.71. The van der Waals surface area contributed by atoms with Crippen molar-refractivity contribution in [1.82, 2.24) is 4.90 Å². The van der Waals surface area contributed by atoms with E-state index in [1.54, 1.807) is 50.5 Å². The predicted octanol–water partition coefficient (Wildman–Crippen LogP) is 5.65. The molecule has 3 aromatic rings. The van der Waals surface area contributed by atoms with Gasteiger partial charge in [-0.2, -0.15) is 0 Å². The first kappa shape index (κ1) is 21.0. The average molecular weight is 475 g/mol. The number of thioether (sulfide) groups is 1. The Morgan fingerprint density at radius 2 is 1.86 bits per heavy atom. The number of furan rings is 1. The minimum absolute atomic E-state index is 0.0602. The second kappa shape index (κ2) is 9.67. The highest BCUT2D eigenvalue weighted by atomic mass is 79.9. The fourth-order valence-corrected chi connectivity index (χ4v) is 3.31. The zero-order valence-electron chi connectivity index (χ0n) is 15.8. The number of nitrogens with zero attached hydrogens (tertiary/aromatic N) is 1. The van der Waals surface area contributed by atoms with E-state index in [9.17, 15) is 9.59 Å². The predicted molar refractivity (Wildman–Crippen MR) is 117 cm³/mol. The van der Waals surface area contributed by atoms with Crippen molar-refractivity contribution < 1.29 is 18.7 Å². The molecule has 0 atom stereocenters. The normalized spacial score (nSPS) is 10.4. The van der Waals surface area contributed by atoms with Crippen LogP contribution in [0.15, 0.2) is 74.4 Å². The van der Waals surface area contributed by atoms with Gasteiger partial charge in [0.1, 0.15) is 18.1 Å². The maximum atomic E-state index is 12.4. The van der Waals surface area contributed by atoms with Gasteiger partial charge >= 0.3 is 0 Å². The number of carbonyl (C=O) groups excluding carboxylic acids is 2. The molecule has 150 valence electrons. The number of rotatable bonds is 6. The van der Waals surface area contributed by atoms with Crippen molar-refractivity contribution in [2.75, 3.05) is 19.4 Å². The Morgan fingerprint density at radius 1 is 1.10 bits per heavy atom. The van der Waals surface area contributed by atoms with E-state index in [-0.39, 0.29) is 23.5 Å². The Bertz CT molecular complexity index is 1000. The fraction of sp³-hybridized carbons (Fsp3) is 0.143. The Kier molecular flexibility index (Phi) is 7.00. The van der Waals surface area contributed by atoms with E-state index in [1.165, 1.54) is 4.90 Å². The first-order chi connectivity index (χ1) is 13.9. The molecule has 0 aliphatic heterocycles. The maximum Gasteiger partial charge on any atom is 0.291 e. The van der Waals surface area contributed by atoms with Gasteiger partial charge in [-0.05, 0) is 66.4 Å². The van der Waals surface area contributed by atoms with Crippen molar-refractivity contribution in [2.24, 2.45) is 0 Å². The fourth-order valence-electron chi connectivity index (χ4n) is 2.28. The van der Waals surface area contributed by atoms with Gasteiger partial charge in [0.25, 0.3) is 11.1 Å². The third kappa shape index (κ3) is 6.13. The Morgan fingerprint density at radius 3 is 2.55 bits per heavy atom. The molecule has 0 saturated carbocycles. The monoisotopic (exact) mass is 474 g/mol. The number of anilines is 1. The summed E-state index contributed by atoms with van der Waals surface area (Å²) in [5.41, 5.74) is 0.611. The van der Waals surface area contributed by atoms with Gasteiger partial charge in [-0.1, -0.05) is 22.0 Å². The van der Waals surface area contributed by atoms with Crippen LogP contribution in [-0.2, 0) is 6.61 Å². The molecule has 0 saturated heterocycles. The highest BCUT2D eigenvalue weighted by Gasteiger charge is 2.13. The summed E-state index contributed by atoms with van der Waals surface area (Å²) in [7, 11) is 3.40. The minimum Gasteiger partial charge on any atom is -0.486 e. The number of ether oxygens (including phenoxy) is 1. The van der Waals surface area contributed by atoms with Crippen molar-refractivity contribution in [3.63, 3.8) is 0 Å².